The first-order chi connectivity index (χ1) is 11.2. The molecule has 0 saturated carbocycles. The van der Waals surface area contributed by atoms with Gasteiger partial charge in [-0.2, -0.15) is 0 Å². The van der Waals surface area contributed by atoms with Crippen LogP contribution in [0.1, 0.15) is 49.8 Å². The van der Waals surface area contributed by atoms with Crippen LogP contribution in [-0.2, 0) is 0 Å². The third-order valence-electron chi connectivity index (χ3n) is 4.69. The molecule has 0 aliphatic carbocycles. The number of piperazine rings is 1. The van der Waals surface area contributed by atoms with Crippen molar-refractivity contribution in [1.82, 2.24) is 10.2 Å². The number of aryl methyl sites for hydroxylation is 1. The predicted octanol–water partition coefficient (Wildman–Crippen LogP) is 4.38. The summed E-state index contributed by atoms with van der Waals surface area (Å²) >= 11 is 0. The molecule has 1 aromatic carbocycles. The second-order valence-electron chi connectivity index (χ2n) is 6.38. The van der Waals surface area contributed by atoms with Crippen LogP contribution in [0.3, 0.4) is 0 Å². The highest BCUT2D eigenvalue weighted by molar-refractivity contribution is 5.85. The summed E-state index contributed by atoms with van der Waals surface area (Å²) in [7, 11) is 3.52. The number of unbranched alkanes of at least 4 members (excludes halogenated alkanes) is 2. The molecule has 0 bridgehead atoms. The van der Waals surface area contributed by atoms with Crippen LogP contribution in [0.25, 0.3) is 0 Å². The third kappa shape index (κ3) is 6.52. The van der Waals surface area contributed by atoms with Crippen LogP contribution in [0.2, 0.25) is 0 Å². The fraction of sp³-hybridized carbons (Fsp3) is 0.684. The molecule has 0 aromatic heterocycles. The Morgan fingerprint density at radius 2 is 1.60 bits per heavy atom. The topological polar surface area (TPSA) is 33.7 Å². The Bertz CT molecular complexity index is 469. The Morgan fingerprint density at radius 3 is 2.08 bits per heavy atom. The van der Waals surface area contributed by atoms with E-state index in [0.717, 1.165) is 44.1 Å². The molecule has 0 amide bonds. The van der Waals surface area contributed by atoms with Gasteiger partial charge in [0.1, 0.15) is 11.5 Å². The Balaban J connectivity index is 0.00000288. The molecule has 1 N–H and O–H groups in total. The number of methoxy groups -OCH3 is 2. The van der Waals surface area contributed by atoms with Crippen LogP contribution in [-0.4, -0.2) is 45.3 Å². The number of hydrogen-bond donors (Lipinski definition) is 1. The van der Waals surface area contributed by atoms with Crippen molar-refractivity contribution < 1.29 is 9.47 Å². The summed E-state index contributed by atoms with van der Waals surface area (Å²) in [6, 6.07) is 4.63. The van der Waals surface area contributed by atoms with Crippen LogP contribution in [0.15, 0.2) is 12.1 Å². The van der Waals surface area contributed by atoms with Crippen LogP contribution in [0.4, 0.5) is 0 Å². The van der Waals surface area contributed by atoms with E-state index in [2.05, 4.69) is 36.2 Å². The molecule has 1 aromatic rings. The minimum atomic E-state index is 0. The first kappa shape index (κ1) is 24.3. The lowest BCUT2D eigenvalue weighted by Crippen LogP contribution is -2.45. The number of nitrogens with one attached hydrogen (secondary N) is 1. The monoisotopic (exact) mass is 392 g/mol. The van der Waals surface area contributed by atoms with Gasteiger partial charge in [-0.3, -0.25) is 4.90 Å². The van der Waals surface area contributed by atoms with Crippen molar-refractivity contribution in [3.63, 3.8) is 0 Å². The van der Waals surface area contributed by atoms with Gasteiger partial charge < -0.3 is 14.8 Å². The maximum atomic E-state index is 5.72. The number of nitrogens with zero attached hydrogens (tertiary/aromatic N) is 1. The minimum Gasteiger partial charge on any atom is -0.496 e. The van der Waals surface area contributed by atoms with Crippen LogP contribution < -0.4 is 14.8 Å². The van der Waals surface area contributed by atoms with Gasteiger partial charge in [-0.1, -0.05) is 26.2 Å². The Hall–Kier alpha value is -0.680. The molecule has 1 aliphatic rings. The van der Waals surface area contributed by atoms with E-state index in [9.17, 15) is 0 Å². The largest absolute Gasteiger partial charge is 0.496 e. The molecule has 0 spiro atoms. The average Bonchev–Trinajstić information content (AvgIpc) is 2.59. The van der Waals surface area contributed by atoms with Gasteiger partial charge in [0.2, 0.25) is 0 Å². The van der Waals surface area contributed by atoms with E-state index in [1.807, 2.05) is 0 Å². The van der Waals surface area contributed by atoms with E-state index in [1.165, 1.54) is 30.4 Å². The molecule has 1 saturated heterocycles. The van der Waals surface area contributed by atoms with Crippen molar-refractivity contribution in [1.29, 1.82) is 0 Å². The van der Waals surface area contributed by atoms with E-state index >= 15 is 0 Å². The van der Waals surface area contributed by atoms with Crippen LogP contribution in [0, 0.1) is 6.92 Å². The summed E-state index contributed by atoms with van der Waals surface area (Å²) in [5, 5.41) is 3.45. The van der Waals surface area contributed by atoms with Gasteiger partial charge in [0, 0.05) is 32.2 Å². The molecule has 1 fully saturated rings. The SMILES string of the molecule is CCCCC[C@@H](c1c(OC)cc(C)cc1OC)N1CCNCC1.Cl.Cl. The van der Waals surface area contributed by atoms with E-state index in [1.54, 1.807) is 14.2 Å². The number of rotatable bonds is 8. The summed E-state index contributed by atoms with van der Waals surface area (Å²) in [5.74, 6) is 1.92. The van der Waals surface area contributed by atoms with Crippen molar-refractivity contribution in [2.24, 2.45) is 0 Å². The molecule has 4 nitrogen and oxygen atoms in total. The second-order valence-corrected chi connectivity index (χ2v) is 6.38. The van der Waals surface area contributed by atoms with Gasteiger partial charge in [-0.15, -0.1) is 24.8 Å². The van der Waals surface area contributed by atoms with Crippen molar-refractivity contribution in [2.75, 3.05) is 40.4 Å². The Morgan fingerprint density at radius 1 is 1.04 bits per heavy atom. The minimum absolute atomic E-state index is 0. The Labute approximate surface area is 165 Å². The molecule has 1 aliphatic heterocycles. The quantitative estimate of drug-likeness (QED) is 0.665. The van der Waals surface area contributed by atoms with Gasteiger partial charge in [-0.25, -0.2) is 0 Å². The van der Waals surface area contributed by atoms with Gasteiger partial charge in [0.25, 0.3) is 0 Å². The fourth-order valence-corrected chi connectivity index (χ4v) is 3.49. The van der Waals surface area contributed by atoms with Gasteiger partial charge >= 0.3 is 0 Å². The first-order valence-corrected chi connectivity index (χ1v) is 8.88. The normalized spacial score (nSPS) is 15.7. The summed E-state index contributed by atoms with van der Waals surface area (Å²) in [6.07, 6.45) is 4.92. The number of hydrogen-bond acceptors (Lipinski definition) is 4. The maximum Gasteiger partial charge on any atom is 0.127 e. The highest BCUT2D eigenvalue weighted by Crippen LogP contribution is 2.40. The lowest BCUT2D eigenvalue weighted by atomic mass is 9.95. The van der Waals surface area contributed by atoms with E-state index < -0.39 is 0 Å². The van der Waals surface area contributed by atoms with E-state index in [-0.39, 0.29) is 24.8 Å². The van der Waals surface area contributed by atoms with Crippen LogP contribution >= 0.6 is 24.8 Å². The third-order valence-corrected chi connectivity index (χ3v) is 4.69. The zero-order valence-corrected chi connectivity index (χ0v) is 17.6. The van der Waals surface area contributed by atoms with Gasteiger partial charge in [0.15, 0.2) is 0 Å². The number of benzene rings is 1. The van der Waals surface area contributed by atoms with E-state index in [0.29, 0.717) is 6.04 Å². The summed E-state index contributed by atoms with van der Waals surface area (Å²) in [4.78, 5) is 2.59. The molecule has 2 rings (SSSR count). The first-order valence-electron chi connectivity index (χ1n) is 8.88. The lowest BCUT2D eigenvalue weighted by molar-refractivity contribution is 0.157. The second kappa shape index (κ2) is 12.6. The fourth-order valence-electron chi connectivity index (χ4n) is 3.49. The highest BCUT2D eigenvalue weighted by atomic mass is 35.5. The molecule has 6 heteroatoms. The summed E-state index contributed by atoms with van der Waals surface area (Å²) < 4.78 is 11.4. The molecule has 1 atom stereocenters. The van der Waals surface area contributed by atoms with Crippen LogP contribution in [0.5, 0.6) is 11.5 Å². The Kier molecular flexibility index (Phi) is 12.3. The zero-order valence-electron chi connectivity index (χ0n) is 16.0. The smallest absolute Gasteiger partial charge is 0.127 e. The van der Waals surface area contributed by atoms with Crippen molar-refractivity contribution >= 4 is 24.8 Å². The molecular weight excluding hydrogens is 359 g/mol. The summed E-state index contributed by atoms with van der Waals surface area (Å²) in [5.41, 5.74) is 2.40. The zero-order chi connectivity index (χ0) is 16.7. The molecule has 0 radical (unpaired) electrons. The number of halogens is 2. The molecule has 146 valence electrons. The lowest BCUT2D eigenvalue weighted by Gasteiger charge is -2.36. The average molecular weight is 393 g/mol. The van der Waals surface area contributed by atoms with Gasteiger partial charge in [-0.05, 0) is 31.0 Å². The predicted molar refractivity (Wildman–Crippen MR) is 110 cm³/mol. The van der Waals surface area contributed by atoms with Crippen molar-refractivity contribution in [3.8, 4) is 11.5 Å². The maximum absolute atomic E-state index is 5.72. The van der Waals surface area contributed by atoms with Crippen molar-refractivity contribution in [2.45, 2.75) is 45.6 Å². The molecular formula is C19H34Cl2N2O2. The van der Waals surface area contributed by atoms with Crippen molar-refractivity contribution in [3.05, 3.63) is 23.3 Å². The molecule has 25 heavy (non-hydrogen) atoms. The summed E-state index contributed by atoms with van der Waals surface area (Å²) in [6.45, 7) is 8.62. The molecule has 1 heterocycles. The number of ether oxygens (including phenoxy) is 2. The van der Waals surface area contributed by atoms with E-state index in [4.69, 9.17) is 9.47 Å². The highest BCUT2D eigenvalue weighted by Gasteiger charge is 2.27. The molecule has 0 unspecified atom stereocenters. The standard InChI is InChI=1S/C19H32N2O2.2ClH/c1-5-6-7-8-16(21-11-9-20-10-12-21)19-17(22-3)13-15(2)14-18(19)23-4;;/h13-14,16,20H,5-12H2,1-4H3;2*1H/t16-;;/m0../s1. The van der Waals surface area contributed by atoms with Gasteiger partial charge in [0.05, 0.1) is 19.8 Å².